The Morgan fingerprint density at radius 2 is 1.79 bits per heavy atom. The summed E-state index contributed by atoms with van der Waals surface area (Å²) in [7, 11) is 0. The Balaban J connectivity index is 1.69. The molecule has 0 radical (unpaired) electrons. The van der Waals surface area contributed by atoms with E-state index < -0.39 is 18.0 Å². The first-order valence-electron chi connectivity index (χ1n) is 11.3. The second kappa shape index (κ2) is 10.1. The smallest absolute Gasteiger partial charge is 0.311 e. The molecule has 0 spiro atoms. The molecule has 0 amide bonds. The molecule has 28 heavy (non-hydrogen) atoms. The second-order valence-electron chi connectivity index (χ2n) is 8.97. The SMILES string of the molecule is CCOC(=O)C1CCC(N2C(CCC(=O)O)CCC2C2CCCCC2)CC1O. The number of hydrogen-bond acceptors (Lipinski definition) is 5. The minimum atomic E-state index is -0.730. The summed E-state index contributed by atoms with van der Waals surface area (Å²) in [5, 5.41) is 19.8. The molecule has 2 N–H and O–H groups in total. The van der Waals surface area contributed by atoms with E-state index in [1.807, 2.05) is 0 Å². The van der Waals surface area contributed by atoms with Crippen molar-refractivity contribution in [3.8, 4) is 0 Å². The van der Waals surface area contributed by atoms with Gasteiger partial charge in [0.15, 0.2) is 0 Å². The van der Waals surface area contributed by atoms with E-state index in [-0.39, 0.29) is 18.4 Å². The van der Waals surface area contributed by atoms with Crippen LogP contribution in [0.15, 0.2) is 0 Å². The zero-order chi connectivity index (χ0) is 20.1. The Morgan fingerprint density at radius 3 is 2.43 bits per heavy atom. The van der Waals surface area contributed by atoms with Gasteiger partial charge in [0.1, 0.15) is 0 Å². The van der Waals surface area contributed by atoms with Crippen LogP contribution in [0.3, 0.4) is 0 Å². The maximum Gasteiger partial charge on any atom is 0.311 e. The highest BCUT2D eigenvalue weighted by Gasteiger charge is 2.45. The van der Waals surface area contributed by atoms with E-state index in [4.69, 9.17) is 9.84 Å². The van der Waals surface area contributed by atoms with Gasteiger partial charge in [0.2, 0.25) is 0 Å². The molecular formula is C22H37NO5. The molecule has 3 fully saturated rings. The van der Waals surface area contributed by atoms with Crippen molar-refractivity contribution in [2.75, 3.05) is 6.61 Å². The van der Waals surface area contributed by atoms with E-state index in [9.17, 15) is 14.7 Å². The average Bonchev–Trinajstić information content (AvgIpc) is 3.11. The fourth-order valence-corrected chi connectivity index (χ4v) is 6.00. The molecule has 6 nitrogen and oxygen atoms in total. The van der Waals surface area contributed by atoms with Gasteiger partial charge in [-0.05, 0) is 64.2 Å². The maximum atomic E-state index is 12.1. The van der Waals surface area contributed by atoms with Gasteiger partial charge in [0.05, 0.1) is 18.6 Å². The third-order valence-corrected chi connectivity index (χ3v) is 7.29. The van der Waals surface area contributed by atoms with Crippen molar-refractivity contribution in [2.45, 2.75) is 108 Å². The number of hydrogen-bond donors (Lipinski definition) is 2. The van der Waals surface area contributed by atoms with Crippen LogP contribution in [0.1, 0.15) is 84.0 Å². The molecule has 6 heteroatoms. The summed E-state index contributed by atoms with van der Waals surface area (Å²) in [6.45, 7) is 2.14. The molecule has 1 saturated heterocycles. The number of nitrogens with zero attached hydrogens (tertiary/aromatic N) is 1. The van der Waals surface area contributed by atoms with Crippen LogP contribution in [0, 0.1) is 11.8 Å². The van der Waals surface area contributed by atoms with Gasteiger partial charge in [-0.25, -0.2) is 0 Å². The third kappa shape index (κ3) is 5.07. The molecule has 5 unspecified atom stereocenters. The minimum absolute atomic E-state index is 0.208. The first kappa shape index (κ1) is 21.6. The number of aliphatic hydroxyl groups excluding tert-OH is 1. The van der Waals surface area contributed by atoms with Crippen LogP contribution in [-0.4, -0.2) is 57.9 Å². The van der Waals surface area contributed by atoms with Gasteiger partial charge in [-0.1, -0.05) is 19.3 Å². The summed E-state index contributed by atoms with van der Waals surface area (Å²) in [5.74, 6) is -0.721. The minimum Gasteiger partial charge on any atom is -0.481 e. The lowest BCUT2D eigenvalue weighted by Gasteiger charge is -2.45. The van der Waals surface area contributed by atoms with Gasteiger partial charge < -0.3 is 14.9 Å². The zero-order valence-corrected chi connectivity index (χ0v) is 17.2. The van der Waals surface area contributed by atoms with E-state index >= 15 is 0 Å². The van der Waals surface area contributed by atoms with Crippen LogP contribution < -0.4 is 0 Å². The summed E-state index contributed by atoms with van der Waals surface area (Å²) < 4.78 is 5.14. The van der Waals surface area contributed by atoms with Crippen molar-refractivity contribution in [1.29, 1.82) is 0 Å². The van der Waals surface area contributed by atoms with Crippen LogP contribution in [0.25, 0.3) is 0 Å². The van der Waals surface area contributed by atoms with Crippen molar-refractivity contribution < 1.29 is 24.5 Å². The molecule has 1 heterocycles. The fraction of sp³-hybridized carbons (Fsp3) is 0.909. The predicted molar refractivity (Wildman–Crippen MR) is 106 cm³/mol. The number of esters is 1. The Morgan fingerprint density at radius 1 is 1.04 bits per heavy atom. The van der Waals surface area contributed by atoms with Gasteiger partial charge in [0, 0.05) is 24.5 Å². The molecule has 160 valence electrons. The number of carbonyl (C=O) groups excluding carboxylic acids is 1. The van der Waals surface area contributed by atoms with Crippen LogP contribution in [0.4, 0.5) is 0 Å². The number of aliphatic carboxylic acids is 1. The highest BCUT2D eigenvalue weighted by Crippen LogP contribution is 2.42. The maximum absolute atomic E-state index is 12.1. The Labute approximate surface area is 168 Å². The summed E-state index contributed by atoms with van der Waals surface area (Å²) >= 11 is 0. The molecule has 0 aromatic rings. The highest BCUT2D eigenvalue weighted by molar-refractivity contribution is 5.73. The number of carbonyl (C=O) groups is 2. The number of rotatable bonds is 7. The van der Waals surface area contributed by atoms with Gasteiger partial charge in [0.25, 0.3) is 0 Å². The number of carboxylic acids is 1. The molecule has 3 aliphatic rings. The van der Waals surface area contributed by atoms with Gasteiger partial charge in [-0.2, -0.15) is 0 Å². The number of carboxylic acid groups (broad SMARTS) is 1. The fourth-order valence-electron chi connectivity index (χ4n) is 6.00. The number of likely N-dealkylation sites (tertiary alicyclic amines) is 1. The van der Waals surface area contributed by atoms with Crippen LogP contribution in [0.5, 0.6) is 0 Å². The topological polar surface area (TPSA) is 87.1 Å². The van der Waals surface area contributed by atoms with E-state index in [0.717, 1.165) is 19.3 Å². The first-order valence-corrected chi connectivity index (χ1v) is 11.3. The first-order chi connectivity index (χ1) is 13.5. The molecule has 3 rings (SSSR count). The standard InChI is InChI=1S/C22H37NO5/c1-2-28-22(27)18-11-8-17(14-20(18)24)23-16(10-13-21(25)26)9-12-19(23)15-6-4-3-5-7-15/h15-20,24H,2-14H2,1H3,(H,25,26). The van der Waals surface area contributed by atoms with Crippen molar-refractivity contribution in [3.05, 3.63) is 0 Å². The molecular weight excluding hydrogens is 358 g/mol. The molecule has 2 aliphatic carbocycles. The zero-order valence-electron chi connectivity index (χ0n) is 17.2. The Hall–Kier alpha value is -1.14. The lowest BCUT2D eigenvalue weighted by atomic mass is 9.79. The highest BCUT2D eigenvalue weighted by atomic mass is 16.5. The normalized spacial score (nSPS) is 35.0. The molecule has 0 bridgehead atoms. The van der Waals surface area contributed by atoms with Crippen molar-refractivity contribution >= 4 is 11.9 Å². The summed E-state index contributed by atoms with van der Waals surface area (Å²) in [5.41, 5.74) is 0. The van der Waals surface area contributed by atoms with Gasteiger partial charge in [-0.15, -0.1) is 0 Å². The molecule has 2 saturated carbocycles. The van der Waals surface area contributed by atoms with Crippen LogP contribution in [-0.2, 0) is 14.3 Å². The average molecular weight is 396 g/mol. The summed E-state index contributed by atoms with van der Waals surface area (Å²) in [4.78, 5) is 25.9. The quantitative estimate of drug-likeness (QED) is 0.643. The third-order valence-electron chi connectivity index (χ3n) is 7.29. The molecule has 0 aromatic heterocycles. The van der Waals surface area contributed by atoms with E-state index in [0.29, 0.717) is 43.9 Å². The monoisotopic (exact) mass is 395 g/mol. The van der Waals surface area contributed by atoms with Crippen molar-refractivity contribution in [2.24, 2.45) is 11.8 Å². The number of aliphatic hydroxyl groups is 1. The lowest BCUT2D eigenvalue weighted by Crippen LogP contribution is -2.52. The molecule has 1 aliphatic heterocycles. The molecule has 0 aromatic carbocycles. The Kier molecular flexibility index (Phi) is 7.75. The largest absolute Gasteiger partial charge is 0.481 e. The number of ether oxygens (including phenoxy) is 1. The van der Waals surface area contributed by atoms with Crippen LogP contribution >= 0.6 is 0 Å². The van der Waals surface area contributed by atoms with Gasteiger partial charge >= 0.3 is 11.9 Å². The van der Waals surface area contributed by atoms with E-state index in [1.165, 1.54) is 32.1 Å². The van der Waals surface area contributed by atoms with E-state index in [1.54, 1.807) is 6.92 Å². The second-order valence-corrected chi connectivity index (χ2v) is 8.97. The summed E-state index contributed by atoms with van der Waals surface area (Å²) in [6.07, 6.45) is 11.0. The van der Waals surface area contributed by atoms with Crippen LogP contribution in [0.2, 0.25) is 0 Å². The van der Waals surface area contributed by atoms with E-state index in [2.05, 4.69) is 4.90 Å². The van der Waals surface area contributed by atoms with Gasteiger partial charge in [-0.3, -0.25) is 14.5 Å². The summed E-state index contributed by atoms with van der Waals surface area (Å²) in [6, 6.07) is 1.05. The predicted octanol–water partition coefficient (Wildman–Crippen LogP) is 3.36. The Bertz CT molecular complexity index is 533. The molecule has 5 atom stereocenters. The van der Waals surface area contributed by atoms with Crippen molar-refractivity contribution in [1.82, 2.24) is 4.90 Å². The van der Waals surface area contributed by atoms with Crippen molar-refractivity contribution in [3.63, 3.8) is 0 Å². The lowest BCUT2D eigenvalue weighted by molar-refractivity contribution is -0.155.